The van der Waals surface area contributed by atoms with E-state index in [1.807, 2.05) is 29.6 Å². The second-order valence-electron chi connectivity index (χ2n) is 6.22. The van der Waals surface area contributed by atoms with Crippen LogP contribution < -0.4 is 5.32 Å². The molecule has 0 radical (unpaired) electrons. The van der Waals surface area contributed by atoms with Gasteiger partial charge in [-0.25, -0.2) is 0 Å². The van der Waals surface area contributed by atoms with E-state index >= 15 is 0 Å². The van der Waals surface area contributed by atoms with Crippen molar-refractivity contribution >= 4 is 27.5 Å². The first-order chi connectivity index (χ1) is 10.1. The molecule has 0 aliphatic carbocycles. The van der Waals surface area contributed by atoms with Crippen LogP contribution in [0.4, 0.5) is 0 Å². The van der Waals surface area contributed by atoms with Crippen LogP contribution in [0.3, 0.4) is 0 Å². The first kappa shape index (κ1) is 13.3. The average molecular weight is 304 g/mol. The van der Waals surface area contributed by atoms with E-state index in [1.54, 1.807) is 11.3 Å². The zero-order valence-corrected chi connectivity index (χ0v) is 13.2. The third-order valence-electron chi connectivity index (χ3n) is 4.72. The van der Waals surface area contributed by atoms with Gasteiger partial charge in [-0.1, -0.05) is 0 Å². The number of carbonyl (C=O) groups is 1. The van der Waals surface area contributed by atoms with Crippen molar-refractivity contribution in [2.75, 3.05) is 13.1 Å². The summed E-state index contributed by atoms with van der Waals surface area (Å²) in [6, 6.07) is 3.11. The molecule has 6 heteroatoms. The van der Waals surface area contributed by atoms with Crippen LogP contribution in [0, 0.1) is 6.92 Å². The predicted octanol–water partition coefficient (Wildman–Crippen LogP) is 1.91. The van der Waals surface area contributed by atoms with Crippen LogP contribution in [0.15, 0.2) is 6.07 Å². The van der Waals surface area contributed by atoms with Gasteiger partial charge in [-0.2, -0.15) is 5.10 Å². The zero-order chi connectivity index (χ0) is 14.6. The topological polar surface area (TPSA) is 50.2 Å². The Kier molecular flexibility index (Phi) is 3.04. The molecule has 2 aromatic heterocycles. The lowest BCUT2D eigenvalue weighted by Gasteiger charge is -2.23. The molecule has 1 amide bonds. The molecule has 2 atom stereocenters. The zero-order valence-electron chi connectivity index (χ0n) is 12.4. The summed E-state index contributed by atoms with van der Waals surface area (Å²) >= 11 is 1.56. The monoisotopic (exact) mass is 304 g/mol. The van der Waals surface area contributed by atoms with Gasteiger partial charge in [-0.15, -0.1) is 11.3 Å². The summed E-state index contributed by atoms with van der Waals surface area (Å²) in [6.45, 7) is 3.72. The van der Waals surface area contributed by atoms with Crippen LogP contribution in [0.5, 0.6) is 0 Å². The Morgan fingerprint density at radius 3 is 3.00 bits per heavy atom. The van der Waals surface area contributed by atoms with Gasteiger partial charge in [0.15, 0.2) is 0 Å². The Bertz CT molecular complexity index is 669. The lowest BCUT2D eigenvalue weighted by atomic mass is 10.1. The molecule has 112 valence electrons. The summed E-state index contributed by atoms with van der Waals surface area (Å²) in [7, 11) is 1.94. The van der Waals surface area contributed by atoms with Crippen molar-refractivity contribution in [3.05, 3.63) is 16.6 Å². The molecule has 2 aromatic rings. The second kappa shape index (κ2) is 4.81. The molecule has 0 aromatic carbocycles. The maximum absolute atomic E-state index is 12.8. The van der Waals surface area contributed by atoms with Gasteiger partial charge in [0.25, 0.3) is 5.91 Å². The lowest BCUT2D eigenvalue weighted by Crippen LogP contribution is -2.38. The number of nitrogens with zero attached hydrogens (tertiary/aromatic N) is 3. The van der Waals surface area contributed by atoms with E-state index in [0.29, 0.717) is 12.1 Å². The van der Waals surface area contributed by atoms with Crippen LogP contribution in [0.2, 0.25) is 0 Å². The number of likely N-dealkylation sites (tertiary alicyclic amines) is 1. The molecule has 1 N–H and O–H groups in total. The molecule has 4 rings (SSSR count). The highest BCUT2D eigenvalue weighted by Gasteiger charge is 2.32. The van der Waals surface area contributed by atoms with E-state index in [2.05, 4.69) is 10.4 Å². The number of aromatic nitrogens is 2. The molecule has 0 saturated carbocycles. The number of carbonyl (C=O) groups excluding carboxylic acids is 1. The highest BCUT2D eigenvalue weighted by molar-refractivity contribution is 7.20. The van der Waals surface area contributed by atoms with E-state index in [1.165, 1.54) is 12.8 Å². The van der Waals surface area contributed by atoms with Crippen molar-refractivity contribution in [1.82, 2.24) is 20.0 Å². The van der Waals surface area contributed by atoms with Crippen molar-refractivity contribution in [1.29, 1.82) is 0 Å². The van der Waals surface area contributed by atoms with E-state index in [9.17, 15) is 4.79 Å². The quantitative estimate of drug-likeness (QED) is 0.875. The number of nitrogens with one attached hydrogen (secondary N) is 1. The Morgan fingerprint density at radius 2 is 2.19 bits per heavy atom. The number of hydrogen-bond acceptors (Lipinski definition) is 4. The van der Waals surface area contributed by atoms with Gasteiger partial charge in [0.05, 0.1) is 10.6 Å². The number of hydrogen-bond donors (Lipinski definition) is 1. The molecule has 2 aliphatic rings. The minimum absolute atomic E-state index is 0.185. The fourth-order valence-electron chi connectivity index (χ4n) is 3.59. The Hall–Kier alpha value is -1.40. The standard InChI is InChI=1S/C15H20N4OS/c1-9-12-7-13(21-15(12)18(2)17-9)14(20)19-6-5-10-3-4-11(8-19)16-10/h7,10-11,16H,3-6,8H2,1-2H3. The molecule has 2 saturated heterocycles. The Labute approximate surface area is 127 Å². The average Bonchev–Trinajstić information content (AvgIpc) is 3.07. The maximum Gasteiger partial charge on any atom is 0.264 e. The number of fused-ring (bicyclic) bond motifs is 3. The molecule has 5 nitrogen and oxygen atoms in total. The van der Waals surface area contributed by atoms with Gasteiger partial charge in [-0.05, 0) is 32.3 Å². The van der Waals surface area contributed by atoms with Crippen LogP contribution in [-0.4, -0.2) is 45.8 Å². The fourth-order valence-corrected chi connectivity index (χ4v) is 4.69. The van der Waals surface area contributed by atoms with E-state index in [4.69, 9.17) is 0 Å². The molecule has 2 fully saturated rings. The summed E-state index contributed by atoms with van der Waals surface area (Å²) < 4.78 is 1.87. The van der Waals surface area contributed by atoms with Crippen LogP contribution in [-0.2, 0) is 7.05 Å². The molecule has 4 heterocycles. The first-order valence-electron chi connectivity index (χ1n) is 7.60. The van der Waals surface area contributed by atoms with Crippen LogP contribution in [0.25, 0.3) is 10.2 Å². The van der Waals surface area contributed by atoms with Crippen molar-refractivity contribution in [3.8, 4) is 0 Å². The number of rotatable bonds is 1. The third-order valence-corrected chi connectivity index (χ3v) is 5.91. The van der Waals surface area contributed by atoms with Gasteiger partial charge in [0, 0.05) is 37.6 Å². The Balaban J connectivity index is 1.62. The van der Waals surface area contributed by atoms with E-state index in [-0.39, 0.29) is 5.91 Å². The summed E-state index contributed by atoms with van der Waals surface area (Å²) in [5.74, 6) is 0.185. The summed E-state index contributed by atoms with van der Waals surface area (Å²) in [6.07, 6.45) is 3.54. The van der Waals surface area contributed by atoms with Crippen molar-refractivity contribution in [3.63, 3.8) is 0 Å². The van der Waals surface area contributed by atoms with E-state index < -0.39 is 0 Å². The minimum Gasteiger partial charge on any atom is -0.336 e. The van der Waals surface area contributed by atoms with Crippen LogP contribution in [0.1, 0.15) is 34.6 Å². The SMILES string of the molecule is Cc1nn(C)c2sc(C(=O)N3CCC4CCC(C3)N4)cc12. The number of thiophene rings is 1. The maximum atomic E-state index is 12.8. The number of aryl methyl sites for hydroxylation is 2. The van der Waals surface area contributed by atoms with E-state index in [0.717, 1.165) is 40.3 Å². The van der Waals surface area contributed by atoms with Gasteiger partial charge in [0.1, 0.15) is 4.83 Å². The smallest absolute Gasteiger partial charge is 0.264 e. The number of amides is 1. The molecule has 2 aliphatic heterocycles. The minimum atomic E-state index is 0.185. The summed E-state index contributed by atoms with van der Waals surface area (Å²) in [5, 5.41) is 9.14. The molecule has 2 bridgehead atoms. The van der Waals surface area contributed by atoms with Crippen molar-refractivity contribution in [2.24, 2.45) is 7.05 Å². The highest BCUT2D eigenvalue weighted by atomic mass is 32.1. The molecule has 21 heavy (non-hydrogen) atoms. The van der Waals surface area contributed by atoms with Crippen molar-refractivity contribution < 1.29 is 4.79 Å². The van der Waals surface area contributed by atoms with Crippen molar-refractivity contribution in [2.45, 2.75) is 38.3 Å². The third kappa shape index (κ3) is 2.17. The normalized spacial score (nSPS) is 25.5. The molecular formula is C15H20N4OS. The molecular weight excluding hydrogens is 284 g/mol. The van der Waals surface area contributed by atoms with Gasteiger partial charge in [-0.3, -0.25) is 9.48 Å². The Morgan fingerprint density at radius 1 is 1.38 bits per heavy atom. The summed E-state index contributed by atoms with van der Waals surface area (Å²) in [5.41, 5.74) is 0.999. The molecule has 0 spiro atoms. The van der Waals surface area contributed by atoms with Gasteiger partial charge < -0.3 is 10.2 Å². The van der Waals surface area contributed by atoms with Gasteiger partial charge >= 0.3 is 0 Å². The van der Waals surface area contributed by atoms with Crippen LogP contribution >= 0.6 is 11.3 Å². The predicted molar refractivity (Wildman–Crippen MR) is 83.8 cm³/mol. The largest absolute Gasteiger partial charge is 0.336 e. The lowest BCUT2D eigenvalue weighted by molar-refractivity contribution is 0.0753. The highest BCUT2D eigenvalue weighted by Crippen LogP contribution is 2.29. The second-order valence-corrected chi connectivity index (χ2v) is 7.25. The fraction of sp³-hybridized carbons (Fsp3) is 0.600. The molecule has 2 unspecified atom stereocenters. The summed E-state index contributed by atoms with van der Waals surface area (Å²) in [4.78, 5) is 16.8. The first-order valence-corrected chi connectivity index (χ1v) is 8.42. The van der Waals surface area contributed by atoms with Gasteiger partial charge in [0.2, 0.25) is 0 Å².